The SMILES string of the molecule is COc1cc2c(cc1C(C)(C)C)C(Cc1cnc[nH]1)CCC2. The van der Waals surface area contributed by atoms with E-state index in [1.54, 1.807) is 13.4 Å². The molecule has 1 aromatic carbocycles. The third-order valence-corrected chi connectivity index (χ3v) is 4.73. The molecular weight excluding hydrogens is 272 g/mol. The molecule has 0 amide bonds. The largest absolute Gasteiger partial charge is 0.496 e. The van der Waals surface area contributed by atoms with Crippen LogP contribution in [-0.4, -0.2) is 17.1 Å². The van der Waals surface area contributed by atoms with Gasteiger partial charge in [-0.2, -0.15) is 0 Å². The first-order valence-corrected chi connectivity index (χ1v) is 8.17. The highest BCUT2D eigenvalue weighted by Crippen LogP contribution is 2.40. The van der Waals surface area contributed by atoms with Crippen LogP contribution in [0.15, 0.2) is 24.7 Å². The van der Waals surface area contributed by atoms with Crippen molar-refractivity contribution in [3.05, 3.63) is 47.0 Å². The summed E-state index contributed by atoms with van der Waals surface area (Å²) in [5.74, 6) is 1.62. The summed E-state index contributed by atoms with van der Waals surface area (Å²) < 4.78 is 5.66. The third kappa shape index (κ3) is 2.90. The minimum Gasteiger partial charge on any atom is -0.496 e. The molecule has 0 radical (unpaired) electrons. The predicted octanol–water partition coefficient (Wildman–Crippen LogP) is 4.38. The van der Waals surface area contributed by atoms with Gasteiger partial charge < -0.3 is 9.72 Å². The van der Waals surface area contributed by atoms with Crippen LogP contribution in [0.25, 0.3) is 0 Å². The van der Waals surface area contributed by atoms with E-state index in [1.165, 1.54) is 35.2 Å². The number of benzene rings is 1. The van der Waals surface area contributed by atoms with Crippen LogP contribution in [0.3, 0.4) is 0 Å². The van der Waals surface area contributed by atoms with Crippen LogP contribution in [0.5, 0.6) is 5.75 Å². The van der Waals surface area contributed by atoms with Crippen LogP contribution < -0.4 is 4.74 Å². The Kier molecular flexibility index (Phi) is 3.98. The van der Waals surface area contributed by atoms with Gasteiger partial charge in [0, 0.05) is 11.9 Å². The Morgan fingerprint density at radius 3 is 2.77 bits per heavy atom. The lowest BCUT2D eigenvalue weighted by atomic mass is 9.76. The second-order valence-electron chi connectivity index (χ2n) is 7.37. The molecule has 1 aromatic heterocycles. The van der Waals surface area contributed by atoms with Gasteiger partial charge in [0.25, 0.3) is 0 Å². The number of aromatic nitrogens is 2. The van der Waals surface area contributed by atoms with Gasteiger partial charge in [-0.25, -0.2) is 4.98 Å². The zero-order valence-corrected chi connectivity index (χ0v) is 14.1. The number of aryl methyl sites for hydroxylation is 1. The van der Waals surface area contributed by atoms with Gasteiger partial charge in [0.05, 0.1) is 13.4 Å². The van der Waals surface area contributed by atoms with E-state index < -0.39 is 0 Å². The van der Waals surface area contributed by atoms with Crippen LogP contribution in [0.2, 0.25) is 0 Å². The Bertz CT molecular complexity index is 638. The summed E-state index contributed by atoms with van der Waals surface area (Å²) >= 11 is 0. The van der Waals surface area contributed by atoms with Crippen LogP contribution in [0, 0.1) is 0 Å². The Balaban J connectivity index is 2.01. The van der Waals surface area contributed by atoms with Crippen LogP contribution in [0.1, 0.15) is 61.9 Å². The van der Waals surface area contributed by atoms with E-state index in [2.05, 4.69) is 42.9 Å². The highest BCUT2D eigenvalue weighted by Gasteiger charge is 2.26. The van der Waals surface area contributed by atoms with E-state index >= 15 is 0 Å². The lowest BCUT2D eigenvalue weighted by Gasteiger charge is -2.30. The van der Waals surface area contributed by atoms with E-state index in [-0.39, 0.29) is 5.41 Å². The molecule has 3 heteroatoms. The van der Waals surface area contributed by atoms with Gasteiger partial charge in [0.2, 0.25) is 0 Å². The molecule has 0 bridgehead atoms. The van der Waals surface area contributed by atoms with Crippen molar-refractivity contribution >= 4 is 0 Å². The van der Waals surface area contributed by atoms with E-state index in [4.69, 9.17) is 4.74 Å². The molecule has 1 aliphatic carbocycles. The van der Waals surface area contributed by atoms with E-state index in [1.807, 2.05) is 6.20 Å². The number of H-pyrrole nitrogens is 1. The normalized spacial score (nSPS) is 18.1. The summed E-state index contributed by atoms with van der Waals surface area (Å²) in [4.78, 5) is 7.40. The number of fused-ring (bicyclic) bond motifs is 1. The monoisotopic (exact) mass is 298 g/mol. The summed E-state index contributed by atoms with van der Waals surface area (Å²) in [6, 6.07) is 4.67. The topological polar surface area (TPSA) is 37.9 Å². The number of ether oxygens (including phenoxy) is 1. The zero-order chi connectivity index (χ0) is 15.7. The zero-order valence-electron chi connectivity index (χ0n) is 14.1. The maximum Gasteiger partial charge on any atom is 0.122 e. The van der Waals surface area contributed by atoms with E-state index in [0.717, 1.165) is 18.6 Å². The molecule has 0 fully saturated rings. The van der Waals surface area contributed by atoms with Gasteiger partial charge in [0.1, 0.15) is 5.75 Å². The summed E-state index contributed by atoms with van der Waals surface area (Å²) in [6.45, 7) is 6.76. The minimum absolute atomic E-state index is 0.0936. The van der Waals surface area contributed by atoms with Crippen molar-refractivity contribution < 1.29 is 4.74 Å². The highest BCUT2D eigenvalue weighted by atomic mass is 16.5. The smallest absolute Gasteiger partial charge is 0.122 e. The molecule has 1 aliphatic rings. The maximum absolute atomic E-state index is 5.66. The molecule has 3 nitrogen and oxygen atoms in total. The summed E-state index contributed by atoms with van der Waals surface area (Å²) in [7, 11) is 1.78. The van der Waals surface area contributed by atoms with Crippen LogP contribution in [-0.2, 0) is 18.3 Å². The Morgan fingerprint density at radius 2 is 2.14 bits per heavy atom. The highest BCUT2D eigenvalue weighted by molar-refractivity contribution is 5.48. The number of aromatic amines is 1. The minimum atomic E-state index is 0.0936. The molecule has 2 aromatic rings. The number of hydrogen-bond acceptors (Lipinski definition) is 2. The van der Waals surface area contributed by atoms with Gasteiger partial charge in [-0.05, 0) is 59.8 Å². The number of nitrogens with zero attached hydrogens (tertiary/aromatic N) is 1. The second kappa shape index (κ2) is 5.79. The molecule has 0 spiro atoms. The van der Waals surface area contributed by atoms with Gasteiger partial charge in [-0.3, -0.25) is 0 Å². The van der Waals surface area contributed by atoms with Crippen LogP contribution >= 0.6 is 0 Å². The van der Waals surface area contributed by atoms with Crippen LogP contribution in [0.4, 0.5) is 0 Å². The van der Waals surface area contributed by atoms with Gasteiger partial charge in [-0.1, -0.05) is 26.8 Å². The molecule has 1 N–H and O–H groups in total. The van der Waals surface area contributed by atoms with Crippen molar-refractivity contribution in [1.29, 1.82) is 0 Å². The number of imidazole rings is 1. The average Bonchev–Trinajstić information content (AvgIpc) is 2.98. The summed E-state index contributed by atoms with van der Waals surface area (Å²) in [5.41, 5.74) is 5.60. The van der Waals surface area contributed by atoms with Crippen molar-refractivity contribution in [1.82, 2.24) is 9.97 Å². The lowest BCUT2D eigenvalue weighted by molar-refractivity contribution is 0.395. The lowest BCUT2D eigenvalue weighted by Crippen LogP contribution is -2.18. The molecule has 0 saturated heterocycles. The van der Waals surface area contributed by atoms with Crippen molar-refractivity contribution in [2.24, 2.45) is 0 Å². The van der Waals surface area contributed by atoms with Crippen molar-refractivity contribution in [3.8, 4) is 5.75 Å². The van der Waals surface area contributed by atoms with E-state index in [9.17, 15) is 0 Å². The number of methoxy groups -OCH3 is 1. The van der Waals surface area contributed by atoms with Crippen molar-refractivity contribution in [2.45, 2.75) is 57.8 Å². The standard InChI is InChI=1S/C19H26N2O/c1-19(2,3)17-10-16-13(8-15-11-20-12-21-15)6-5-7-14(16)9-18(17)22-4/h9-13H,5-8H2,1-4H3,(H,20,21). The summed E-state index contributed by atoms with van der Waals surface area (Å²) in [6.07, 6.45) is 8.43. The maximum atomic E-state index is 5.66. The summed E-state index contributed by atoms with van der Waals surface area (Å²) in [5, 5.41) is 0. The molecule has 0 aliphatic heterocycles. The molecule has 22 heavy (non-hydrogen) atoms. The first-order valence-electron chi connectivity index (χ1n) is 8.17. The fourth-order valence-electron chi connectivity index (χ4n) is 3.56. The van der Waals surface area contributed by atoms with Gasteiger partial charge in [0.15, 0.2) is 0 Å². The molecule has 3 rings (SSSR count). The predicted molar refractivity (Wildman–Crippen MR) is 89.7 cm³/mol. The Hall–Kier alpha value is -1.77. The molecule has 1 atom stereocenters. The molecule has 0 saturated carbocycles. The van der Waals surface area contributed by atoms with Crippen molar-refractivity contribution in [3.63, 3.8) is 0 Å². The Morgan fingerprint density at radius 1 is 1.32 bits per heavy atom. The van der Waals surface area contributed by atoms with Gasteiger partial charge >= 0.3 is 0 Å². The third-order valence-electron chi connectivity index (χ3n) is 4.73. The first-order chi connectivity index (χ1) is 10.5. The van der Waals surface area contributed by atoms with Crippen molar-refractivity contribution in [2.75, 3.05) is 7.11 Å². The first kappa shape index (κ1) is 15.1. The molecule has 1 unspecified atom stereocenters. The molecule has 118 valence electrons. The second-order valence-corrected chi connectivity index (χ2v) is 7.37. The molecular formula is C19H26N2O. The quantitative estimate of drug-likeness (QED) is 0.913. The Labute approximate surface area is 133 Å². The fraction of sp³-hybridized carbons (Fsp3) is 0.526. The molecule has 1 heterocycles. The average molecular weight is 298 g/mol. The number of hydrogen-bond donors (Lipinski definition) is 1. The number of rotatable bonds is 3. The van der Waals surface area contributed by atoms with E-state index in [0.29, 0.717) is 5.92 Å². The van der Waals surface area contributed by atoms with Gasteiger partial charge in [-0.15, -0.1) is 0 Å². The number of nitrogens with one attached hydrogen (secondary N) is 1. The fourth-order valence-corrected chi connectivity index (χ4v) is 3.56.